The maximum atomic E-state index is 11.7. The number of carboxylic acids is 1. The lowest BCUT2D eigenvalue weighted by Gasteiger charge is -2.33. The number of hydrogen-bond donors (Lipinski definition) is 1. The molecule has 1 unspecified atom stereocenters. The third-order valence-electron chi connectivity index (χ3n) is 4.71. The zero-order valence-corrected chi connectivity index (χ0v) is 11.9. The minimum Gasteiger partial charge on any atom is -0.480 e. The first-order chi connectivity index (χ1) is 9.63. The molecule has 20 heavy (non-hydrogen) atoms. The van der Waals surface area contributed by atoms with Gasteiger partial charge in [-0.3, -0.25) is 0 Å². The summed E-state index contributed by atoms with van der Waals surface area (Å²) in [7, 11) is 0. The summed E-state index contributed by atoms with van der Waals surface area (Å²) in [6, 6.07) is 0. The van der Waals surface area contributed by atoms with Gasteiger partial charge in [-0.2, -0.15) is 0 Å². The Bertz CT molecular complexity index is 532. The Labute approximate surface area is 119 Å². The molecule has 1 aliphatic carbocycles. The van der Waals surface area contributed by atoms with E-state index in [2.05, 4.69) is 9.97 Å². The van der Waals surface area contributed by atoms with E-state index < -0.39 is 11.5 Å². The molecule has 5 nitrogen and oxygen atoms in total. The molecular formula is C15H21N3O2. The summed E-state index contributed by atoms with van der Waals surface area (Å²) >= 11 is 0. The van der Waals surface area contributed by atoms with E-state index >= 15 is 0 Å². The second kappa shape index (κ2) is 5.04. The van der Waals surface area contributed by atoms with Crippen molar-refractivity contribution < 1.29 is 9.90 Å². The molecule has 108 valence electrons. The molecule has 2 heterocycles. The lowest BCUT2D eigenvalue weighted by atomic mass is 9.98. The van der Waals surface area contributed by atoms with Gasteiger partial charge in [-0.05, 0) is 45.4 Å². The smallest absolute Gasteiger partial charge is 0.329 e. The SMILES string of the molecule is CC1(C(=O)O)CCCN1c1ncnc2c1CCCCC2. The molecule has 1 fully saturated rings. The Morgan fingerprint density at radius 1 is 1.25 bits per heavy atom. The highest BCUT2D eigenvalue weighted by atomic mass is 16.4. The van der Waals surface area contributed by atoms with Crippen LogP contribution in [-0.2, 0) is 17.6 Å². The molecule has 0 radical (unpaired) electrons. The fourth-order valence-electron chi connectivity index (χ4n) is 3.44. The molecule has 1 N–H and O–H groups in total. The van der Waals surface area contributed by atoms with Crippen molar-refractivity contribution in [1.29, 1.82) is 0 Å². The van der Waals surface area contributed by atoms with Crippen molar-refractivity contribution in [2.24, 2.45) is 0 Å². The second-order valence-electron chi connectivity index (χ2n) is 6.02. The van der Waals surface area contributed by atoms with Crippen molar-refractivity contribution in [2.75, 3.05) is 11.4 Å². The van der Waals surface area contributed by atoms with E-state index in [0.29, 0.717) is 6.42 Å². The Morgan fingerprint density at radius 2 is 2.05 bits per heavy atom. The van der Waals surface area contributed by atoms with Gasteiger partial charge in [0.25, 0.3) is 0 Å². The van der Waals surface area contributed by atoms with Crippen molar-refractivity contribution in [2.45, 2.75) is 57.4 Å². The number of anilines is 1. The summed E-state index contributed by atoms with van der Waals surface area (Å²) in [4.78, 5) is 22.5. The minimum atomic E-state index is -0.825. The van der Waals surface area contributed by atoms with Gasteiger partial charge in [0.05, 0.1) is 0 Å². The summed E-state index contributed by atoms with van der Waals surface area (Å²) in [6.07, 6.45) is 8.67. The molecule has 5 heteroatoms. The maximum Gasteiger partial charge on any atom is 0.329 e. The van der Waals surface area contributed by atoms with E-state index in [1.54, 1.807) is 6.33 Å². The molecule has 1 atom stereocenters. The largest absolute Gasteiger partial charge is 0.480 e. The van der Waals surface area contributed by atoms with Crippen molar-refractivity contribution in [3.8, 4) is 0 Å². The van der Waals surface area contributed by atoms with Crippen molar-refractivity contribution in [3.63, 3.8) is 0 Å². The molecule has 0 bridgehead atoms. The normalized spacial score (nSPS) is 26.1. The molecule has 0 amide bonds. The summed E-state index contributed by atoms with van der Waals surface area (Å²) in [5.41, 5.74) is 1.47. The first kappa shape index (κ1) is 13.3. The lowest BCUT2D eigenvalue weighted by molar-refractivity contribution is -0.142. The number of carboxylic acid groups (broad SMARTS) is 1. The van der Waals surface area contributed by atoms with Crippen LogP contribution in [0.15, 0.2) is 6.33 Å². The molecule has 0 spiro atoms. The van der Waals surface area contributed by atoms with Gasteiger partial charge in [0, 0.05) is 17.8 Å². The van der Waals surface area contributed by atoms with Crippen LogP contribution < -0.4 is 4.90 Å². The van der Waals surface area contributed by atoms with Crippen LogP contribution in [0.25, 0.3) is 0 Å². The standard InChI is InChI=1S/C15H21N3O2/c1-15(14(19)20)8-5-9-18(15)13-11-6-3-2-4-7-12(11)16-10-17-13/h10H,2-9H2,1H3,(H,19,20). The number of nitrogens with zero attached hydrogens (tertiary/aromatic N) is 3. The Hall–Kier alpha value is -1.65. The zero-order chi connectivity index (χ0) is 14.2. The molecule has 0 aromatic carbocycles. The van der Waals surface area contributed by atoms with E-state index in [4.69, 9.17) is 0 Å². The lowest BCUT2D eigenvalue weighted by Crippen LogP contribution is -2.49. The average Bonchev–Trinajstić information content (AvgIpc) is 2.68. The van der Waals surface area contributed by atoms with Crippen LogP contribution in [0.2, 0.25) is 0 Å². The fourth-order valence-corrected chi connectivity index (χ4v) is 3.44. The molecule has 1 saturated heterocycles. The van der Waals surface area contributed by atoms with Crippen molar-refractivity contribution in [3.05, 3.63) is 17.6 Å². The average molecular weight is 275 g/mol. The van der Waals surface area contributed by atoms with Gasteiger partial charge in [-0.15, -0.1) is 0 Å². The number of aromatic nitrogens is 2. The van der Waals surface area contributed by atoms with E-state index in [1.165, 1.54) is 18.4 Å². The summed E-state index contributed by atoms with van der Waals surface area (Å²) < 4.78 is 0. The summed E-state index contributed by atoms with van der Waals surface area (Å²) in [6.45, 7) is 2.58. The Kier molecular flexibility index (Phi) is 3.36. The molecular weight excluding hydrogens is 254 g/mol. The molecule has 3 rings (SSSR count). The summed E-state index contributed by atoms with van der Waals surface area (Å²) in [5, 5.41) is 9.58. The van der Waals surface area contributed by atoms with Gasteiger partial charge >= 0.3 is 5.97 Å². The Morgan fingerprint density at radius 3 is 2.85 bits per heavy atom. The number of rotatable bonds is 2. The third-order valence-corrected chi connectivity index (χ3v) is 4.71. The highest BCUT2D eigenvalue weighted by Crippen LogP contribution is 2.36. The monoisotopic (exact) mass is 275 g/mol. The van der Waals surface area contributed by atoms with Crippen LogP contribution in [0.3, 0.4) is 0 Å². The van der Waals surface area contributed by atoms with Crippen molar-refractivity contribution >= 4 is 11.8 Å². The number of aryl methyl sites for hydroxylation is 1. The number of aliphatic carboxylic acids is 1. The van der Waals surface area contributed by atoms with Crippen LogP contribution in [-0.4, -0.2) is 33.1 Å². The minimum absolute atomic E-state index is 0.682. The molecule has 1 aromatic rings. The quantitative estimate of drug-likeness (QED) is 0.838. The number of fused-ring (bicyclic) bond motifs is 1. The van der Waals surface area contributed by atoms with Gasteiger partial charge in [0.2, 0.25) is 0 Å². The zero-order valence-electron chi connectivity index (χ0n) is 11.9. The van der Waals surface area contributed by atoms with Crippen molar-refractivity contribution in [1.82, 2.24) is 9.97 Å². The van der Waals surface area contributed by atoms with Gasteiger partial charge in [0.1, 0.15) is 17.7 Å². The maximum absolute atomic E-state index is 11.7. The summed E-state index contributed by atoms with van der Waals surface area (Å²) in [5.74, 6) is 0.107. The van der Waals surface area contributed by atoms with E-state index in [9.17, 15) is 9.90 Å². The van der Waals surface area contributed by atoms with Crippen LogP contribution in [0.4, 0.5) is 5.82 Å². The number of hydrogen-bond acceptors (Lipinski definition) is 4. The predicted octanol–water partition coefficient (Wildman–Crippen LogP) is 2.19. The van der Waals surface area contributed by atoms with Gasteiger partial charge in [0.15, 0.2) is 0 Å². The van der Waals surface area contributed by atoms with E-state index in [1.807, 2.05) is 11.8 Å². The Balaban J connectivity index is 2.04. The highest BCUT2D eigenvalue weighted by molar-refractivity contribution is 5.84. The predicted molar refractivity (Wildman–Crippen MR) is 75.9 cm³/mol. The molecule has 0 saturated carbocycles. The van der Waals surface area contributed by atoms with Gasteiger partial charge in [-0.1, -0.05) is 6.42 Å². The fraction of sp³-hybridized carbons (Fsp3) is 0.667. The van der Waals surface area contributed by atoms with Gasteiger partial charge < -0.3 is 10.0 Å². The first-order valence-corrected chi connectivity index (χ1v) is 7.47. The van der Waals surface area contributed by atoms with E-state index in [0.717, 1.165) is 43.7 Å². The molecule has 1 aliphatic heterocycles. The molecule has 2 aliphatic rings. The molecule has 1 aromatic heterocycles. The second-order valence-corrected chi connectivity index (χ2v) is 6.02. The van der Waals surface area contributed by atoms with Crippen LogP contribution >= 0.6 is 0 Å². The van der Waals surface area contributed by atoms with E-state index in [-0.39, 0.29) is 0 Å². The number of carbonyl (C=O) groups is 1. The van der Waals surface area contributed by atoms with Crippen LogP contribution in [0.1, 0.15) is 50.3 Å². The van der Waals surface area contributed by atoms with Crippen LogP contribution in [0, 0.1) is 0 Å². The topological polar surface area (TPSA) is 66.3 Å². The first-order valence-electron chi connectivity index (χ1n) is 7.47. The third kappa shape index (κ3) is 2.05. The van der Waals surface area contributed by atoms with Crippen LogP contribution in [0.5, 0.6) is 0 Å². The van der Waals surface area contributed by atoms with Gasteiger partial charge in [-0.25, -0.2) is 14.8 Å². The highest BCUT2D eigenvalue weighted by Gasteiger charge is 2.45.